The second kappa shape index (κ2) is 6.76. The topological polar surface area (TPSA) is 113 Å². The molecule has 1 aromatic heterocycles. The van der Waals surface area contributed by atoms with Crippen molar-refractivity contribution >= 4 is 35.0 Å². The Kier molecular flexibility index (Phi) is 4.51. The first-order valence-corrected chi connectivity index (χ1v) is 7.98. The molecule has 2 aromatic rings. The van der Waals surface area contributed by atoms with Crippen LogP contribution in [-0.4, -0.2) is 34.9 Å². The summed E-state index contributed by atoms with van der Waals surface area (Å²) >= 11 is 0. The number of carbonyl (C=O) groups excluding carboxylic acids is 2. The highest BCUT2D eigenvalue weighted by atomic mass is 16.1. The van der Waals surface area contributed by atoms with Gasteiger partial charge in [0.05, 0.1) is 0 Å². The maximum Gasteiger partial charge on any atom is 0.254 e. The van der Waals surface area contributed by atoms with Gasteiger partial charge in [0.25, 0.3) is 5.91 Å². The fourth-order valence-electron chi connectivity index (χ4n) is 2.52. The maximum absolute atomic E-state index is 11.6. The van der Waals surface area contributed by atoms with E-state index in [1.165, 1.54) is 13.1 Å². The molecule has 0 bridgehead atoms. The lowest BCUT2D eigenvalue weighted by molar-refractivity contribution is -0.114. The first kappa shape index (κ1) is 16.7. The largest absolute Gasteiger partial charge is 0.365 e. The van der Waals surface area contributed by atoms with E-state index in [1.807, 2.05) is 24.1 Å². The summed E-state index contributed by atoms with van der Waals surface area (Å²) in [6, 6.07) is 7.58. The second-order valence-corrected chi connectivity index (χ2v) is 6.02. The third-order valence-corrected chi connectivity index (χ3v) is 3.90. The van der Waals surface area contributed by atoms with Crippen LogP contribution in [0.25, 0.3) is 0 Å². The van der Waals surface area contributed by atoms with E-state index in [0.29, 0.717) is 29.1 Å². The number of anilines is 4. The summed E-state index contributed by atoms with van der Waals surface area (Å²) in [6.07, 6.45) is 3.57. The van der Waals surface area contributed by atoms with Crippen LogP contribution in [0.15, 0.2) is 30.5 Å². The van der Waals surface area contributed by atoms with Crippen LogP contribution >= 0.6 is 0 Å². The van der Waals surface area contributed by atoms with Crippen LogP contribution in [0.2, 0.25) is 0 Å². The molecular formula is C17H20N6O2. The molecule has 3 rings (SSSR count). The van der Waals surface area contributed by atoms with Gasteiger partial charge in [-0.2, -0.15) is 4.98 Å². The van der Waals surface area contributed by atoms with E-state index in [-0.39, 0.29) is 5.91 Å². The number of benzene rings is 1. The van der Waals surface area contributed by atoms with Crippen molar-refractivity contribution < 1.29 is 9.59 Å². The Morgan fingerprint density at radius 2 is 2.00 bits per heavy atom. The standard InChI is InChI=1S/C17H20N6O2/c1-10(24)20-11-4-3-5-12(8-11)21-17-19-9-14(15(18)25)16(22-17)23(2)13-6-7-13/h3-5,8-9,13H,6-7H2,1-2H3,(H2,18,25)(H,20,24)(H,19,21,22). The molecule has 1 aliphatic carbocycles. The van der Waals surface area contributed by atoms with Crippen LogP contribution in [0.1, 0.15) is 30.1 Å². The summed E-state index contributed by atoms with van der Waals surface area (Å²) < 4.78 is 0. The van der Waals surface area contributed by atoms with Crippen LogP contribution in [-0.2, 0) is 4.79 Å². The molecule has 4 N–H and O–H groups in total. The molecule has 0 spiro atoms. The van der Waals surface area contributed by atoms with Crippen molar-refractivity contribution in [3.8, 4) is 0 Å². The summed E-state index contributed by atoms with van der Waals surface area (Å²) in [5, 5.41) is 5.80. The number of amides is 2. The van der Waals surface area contributed by atoms with E-state index in [2.05, 4.69) is 20.6 Å². The number of aromatic nitrogens is 2. The molecule has 25 heavy (non-hydrogen) atoms. The van der Waals surface area contributed by atoms with Gasteiger partial charge in [-0.3, -0.25) is 9.59 Å². The van der Waals surface area contributed by atoms with Gasteiger partial charge in [-0.05, 0) is 31.0 Å². The quantitative estimate of drug-likeness (QED) is 0.740. The van der Waals surface area contributed by atoms with Crippen molar-refractivity contribution in [2.24, 2.45) is 5.73 Å². The van der Waals surface area contributed by atoms with Gasteiger partial charge in [0.15, 0.2) is 0 Å². The van der Waals surface area contributed by atoms with Gasteiger partial charge in [0.1, 0.15) is 11.4 Å². The minimum Gasteiger partial charge on any atom is -0.365 e. The molecule has 1 fully saturated rings. The maximum atomic E-state index is 11.6. The van der Waals surface area contributed by atoms with E-state index in [4.69, 9.17) is 5.73 Å². The highest BCUT2D eigenvalue weighted by Crippen LogP contribution is 2.31. The number of hydrogen-bond donors (Lipinski definition) is 3. The van der Waals surface area contributed by atoms with Crippen molar-refractivity contribution in [3.05, 3.63) is 36.0 Å². The van der Waals surface area contributed by atoms with Gasteiger partial charge in [0, 0.05) is 37.6 Å². The van der Waals surface area contributed by atoms with Gasteiger partial charge in [-0.15, -0.1) is 0 Å². The number of nitrogens with zero attached hydrogens (tertiary/aromatic N) is 3. The first-order valence-electron chi connectivity index (χ1n) is 7.98. The van der Waals surface area contributed by atoms with Gasteiger partial charge in [0.2, 0.25) is 11.9 Å². The molecule has 0 unspecified atom stereocenters. The van der Waals surface area contributed by atoms with Crippen LogP contribution in [0, 0.1) is 0 Å². The molecule has 130 valence electrons. The lowest BCUT2D eigenvalue weighted by Crippen LogP contribution is -2.26. The predicted octanol–water partition coefficient (Wildman–Crippen LogP) is 1.88. The Bertz CT molecular complexity index is 819. The van der Waals surface area contributed by atoms with Crippen LogP contribution in [0.3, 0.4) is 0 Å². The molecule has 0 aliphatic heterocycles. The Hall–Kier alpha value is -3.16. The van der Waals surface area contributed by atoms with E-state index in [0.717, 1.165) is 18.5 Å². The van der Waals surface area contributed by atoms with Gasteiger partial charge < -0.3 is 21.3 Å². The Morgan fingerprint density at radius 1 is 1.28 bits per heavy atom. The minimum absolute atomic E-state index is 0.146. The summed E-state index contributed by atoms with van der Waals surface area (Å²) in [5.74, 6) is 0.173. The molecule has 0 radical (unpaired) electrons. The average Bonchev–Trinajstić information content (AvgIpc) is 3.38. The number of primary amides is 1. The zero-order valence-corrected chi connectivity index (χ0v) is 14.1. The van der Waals surface area contributed by atoms with Gasteiger partial charge in [-0.25, -0.2) is 4.98 Å². The number of nitrogens with two attached hydrogens (primary N) is 1. The Labute approximate surface area is 145 Å². The molecule has 0 saturated heterocycles. The molecule has 1 aromatic carbocycles. The summed E-state index contributed by atoms with van der Waals surface area (Å²) in [4.78, 5) is 33.4. The van der Waals surface area contributed by atoms with E-state index >= 15 is 0 Å². The third kappa shape index (κ3) is 4.03. The van der Waals surface area contributed by atoms with Crippen molar-refractivity contribution in [1.29, 1.82) is 0 Å². The van der Waals surface area contributed by atoms with Crippen molar-refractivity contribution in [2.45, 2.75) is 25.8 Å². The third-order valence-electron chi connectivity index (χ3n) is 3.90. The zero-order chi connectivity index (χ0) is 18.0. The first-order chi connectivity index (χ1) is 11.9. The fourth-order valence-corrected chi connectivity index (χ4v) is 2.52. The van der Waals surface area contributed by atoms with Gasteiger partial charge >= 0.3 is 0 Å². The summed E-state index contributed by atoms with van der Waals surface area (Å²) in [6.45, 7) is 1.45. The Balaban J connectivity index is 1.86. The molecule has 1 aliphatic rings. The molecule has 8 nitrogen and oxygen atoms in total. The SMILES string of the molecule is CC(=O)Nc1cccc(Nc2ncc(C(N)=O)c(N(C)C3CC3)n2)c1. The highest BCUT2D eigenvalue weighted by Gasteiger charge is 2.29. The smallest absolute Gasteiger partial charge is 0.254 e. The van der Waals surface area contributed by atoms with E-state index in [1.54, 1.807) is 12.1 Å². The van der Waals surface area contributed by atoms with Crippen molar-refractivity contribution in [1.82, 2.24) is 9.97 Å². The Morgan fingerprint density at radius 3 is 2.64 bits per heavy atom. The highest BCUT2D eigenvalue weighted by molar-refractivity contribution is 5.97. The predicted molar refractivity (Wildman–Crippen MR) is 96.0 cm³/mol. The van der Waals surface area contributed by atoms with E-state index < -0.39 is 5.91 Å². The molecule has 1 heterocycles. The molecule has 8 heteroatoms. The van der Waals surface area contributed by atoms with Gasteiger partial charge in [-0.1, -0.05) is 6.07 Å². The monoisotopic (exact) mass is 340 g/mol. The number of nitrogens with one attached hydrogen (secondary N) is 2. The minimum atomic E-state index is -0.554. The zero-order valence-electron chi connectivity index (χ0n) is 14.1. The fraction of sp³-hybridized carbons (Fsp3) is 0.294. The average molecular weight is 340 g/mol. The lowest BCUT2D eigenvalue weighted by atomic mass is 10.2. The van der Waals surface area contributed by atoms with Crippen LogP contribution in [0.4, 0.5) is 23.1 Å². The van der Waals surface area contributed by atoms with Crippen molar-refractivity contribution in [3.63, 3.8) is 0 Å². The van der Waals surface area contributed by atoms with Crippen LogP contribution in [0.5, 0.6) is 0 Å². The molecule has 1 saturated carbocycles. The molecule has 2 amide bonds. The summed E-state index contributed by atoms with van der Waals surface area (Å²) in [7, 11) is 1.90. The number of hydrogen-bond acceptors (Lipinski definition) is 6. The molecule has 0 atom stereocenters. The second-order valence-electron chi connectivity index (χ2n) is 6.02. The number of rotatable bonds is 6. The lowest BCUT2D eigenvalue weighted by Gasteiger charge is -2.20. The number of carbonyl (C=O) groups is 2. The molecular weight excluding hydrogens is 320 g/mol. The summed E-state index contributed by atoms with van der Waals surface area (Å²) in [5.41, 5.74) is 7.12. The normalized spacial score (nSPS) is 13.2. The van der Waals surface area contributed by atoms with Crippen molar-refractivity contribution in [2.75, 3.05) is 22.6 Å². The van der Waals surface area contributed by atoms with E-state index in [9.17, 15) is 9.59 Å². The van der Waals surface area contributed by atoms with Crippen LogP contribution < -0.4 is 21.3 Å².